The fourth-order valence-electron chi connectivity index (χ4n) is 6.48. The molecule has 51 heavy (non-hydrogen) atoms. The number of hydrogen-bond acceptors (Lipinski definition) is 8. The molecule has 0 spiro atoms. The van der Waals surface area contributed by atoms with Gasteiger partial charge in [-0.05, 0) is 70.6 Å². The predicted molar refractivity (Wildman–Crippen MR) is 196 cm³/mol. The highest BCUT2D eigenvalue weighted by atomic mass is 32.2. The van der Waals surface area contributed by atoms with Gasteiger partial charge in [-0.15, -0.1) is 0 Å². The van der Waals surface area contributed by atoms with Crippen LogP contribution >= 0.6 is 11.8 Å². The minimum absolute atomic E-state index is 0.0384. The van der Waals surface area contributed by atoms with Crippen LogP contribution in [0, 0.1) is 0 Å². The van der Waals surface area contributed by atoms with Gasteiger partial charge in [-0.25, -0.2) is 9.59 Å². The molecule has 2 aromatic rings. The Bertz CT molecular complexity index is 1540. The molecular weight excluding hydrogens is 673 g/mol. The maximum absolute atomic E-state index is 14.2. The van der Waals surface area contributed by atoms with Crippen LogP contribution in [-0.4, -0.2) is 84.2 Å². The van der Waals surface area contributed by atoms with Crippen LogP contribution in [0.3, 0.4) is 0 Å². The largest absolute Gasteiger partial charge is 0.481 e. The molecule has 276 valence electrons. The van der Waals surface area contributed by atoms with Crippen LogP contribution in [0.2, 0.25) is 0 Å². The first-order chi connectivity index (χ1) is 24.5. The number of carbonyl (C=O) groups excluding carboxylic acids is 5. The molecule has 2 aromatic carbocycles. The Kier molecular flexibility index (Phi) is 13.1. The Labute approximate surface area is 303 Å². The number of unbranched alkanes of at least 4 members (excludes halogenated alkanes) is 3. The van der Waals surface area contributed by atoms with Crippen LogP contribution in [-0.2, 0) is 19.1 Å². The van der Waals surface area contributed by atoms with E-state index in [0.717, 1.165) is 37.9 Å². The summed E-state index contributed by atoms with van der Waals surface area (Å²) in [4.78, 5) is 65.4. The Morgan fingerprint density at radius 1 is 0.902 bits per heavy atom. The molecule has 0 aromatic heterocycles. The van der Waals surface area contributed by atoms with E-state index in [-0.39, 0.29) is 36.5 Å². The molecule has 0 aliphatic carbocycles. The number of hydrogen-bond donors (Lipinski definition) is 5. The number of carbonyl (C=O) groups is 5. The summed E-state index contributed by atoms with van der Waals surface area (Å²) in [5, 5.41) is 15.0. The second kappa shape index (κ2) is 17.7. The highest BCUT2D eigenvalue weighted by Crippen LogP contribution is 2.38. The van der Waals surface area contributed by atoms with Crippen molar-refractivity contribution >= 4 is 47.3 Å². The van der Waals surface area contributed by atoms with Gasteiger partial charge in [-0.1, -0.05) is 48.9 Å². The third-order valence-electron chi connectivity index (χ3n) is 8.93. The van der Waals surface area contributed by atoms with Gasteiger partial charge in [0.2, 0.25) is 11.8 Å². The lowest BCUT2D eigenvalue weighted by molar-refractivity contribution is -0.125. The molecule has 5 atom stereocenters. The maximum Gasteiger partial charge on any atom is 0.408 e. The van der Waals surface area contributed by atoms with E-state index in [1.54, 1.807) is 45.0 Å². The highest BCUT2D eigenvalue weighted by molar-refractivity contribution is 8.00. The Balaban J connectivity index is 1.05. The number of amides is 6. The monoisotopic (exact) mass is 722 g/mol. The van der Waals surface area contributed by atoms with E-state index in [1.807, 2.05) is 42.1 Å². The molecule has 0 bridgehead atoms. The summed E-state index contributed by atoms with van der Waals surface area (Å²) >= 11 is 1.89. The minimum Gasteiger partial charge on any atom is -0.481 e. The zero-order chi connectivity index (χ0) is 36.4. The first-order valence-electron chi connectivity index (χ1n) is 17.8. The lowest BCUT2D eigenvalue weighted by atomic mass is 10.0. The Morgan fingerprint density at radius 3 is 2.35 bits per heavy atom. The first kappa shape index (κ1) is 37.8. The van der Waals surface area contributed by atoms with Gasteiger partial charge in [-0.2, -0.15) is 11.8 Å². The van der Waals surface area contributed by atoms with E-state index in [2.05, 4.69) is 26.6 Å². The molecule has 0 unspecified atom stereocenters. The Hall–Kier alpha value is -4.46. The molecule has 3 heterocycles. The van der Waals surface area contributed by atoms with E-state index < -0.39 is 29.7 Å². The summed E-state index contributed by atoms with van der Waals surface area (Å²) in [7, 11) is 0. The van der Waals surface area contributed by atoms with E-state index in [0.29, 0.717) is 48.2 Å². The number of alkyl carbamates (subject to hydrolysis) is 1. The fourth-order valence-corrected chi connectivity index (χ4v) is 8.03. The van der Waals surface area contributed by atoms with Crippen molar-refractivity contribution in [2.24, 2.45) is 0 Å². The third kappa shape index (κ3) is 10.8. The van der Waals surface area contributed by atoms with Crippen molar-refractivity contribution in [1.82, 2.24) is 26.6 Å². The minimum atomic E-state index is -1.18. The van der Waals surface area contributed by atoms with Crippen molar-refractivity contribution in [1.29, 1.82) is 0 Å². The van der Waals surface area contributed by atoms with Gasteiger partial charge in [0.25, 0.3) is 5.91 Å². The van der Waals surface area contributed by atoms with Gasteiger partial charge in [0, 0.05) is 30.5 Å². The molecule has 2 fully saturated rings. The average molecular weight is 723 g/mol. The normalized spacial score (nSPS) is 22.4. The predicted octanol–water partition coefficient (Wildman–Crippen LogP) is 4.18. The number of anilines is 1. The zero-order valence-electron chi connectivity index (χ0n) is 29.6. The number of nitrogens with zero attached hydrogens (tertiary/aromatic N) is 1. The topological polar surface area (TPSA) is 167 Å². The summed E-state index contributed by atoms with van der Waals surface area (Å²) < 4.78 is 11.9. The van der Waals surface area contributed by atoms with E-state index in [1.165, 1.54) is 4.90 Å². The van der Waals surface area contributed by atoms with E-state index in [9.17, 15) is 24.0 Å². The van der Waals surface area contributed by atoms with Crippen LogP contribution in [0.25, 0.3) is 0 Å². The number of para-hydroxylation sites is 2. The summed E-state index contributed by atoms with van der Waals surface area (Å²) in [5.41, 5.74) is 0.317. The summed E-state index contributed by atoms with van der Waals surface area (Å²) in [6.45, 7) is 5.92. The lowest BCUT2D eigenvalue weighted by Crippen LogP contribution is -2.54. The van der Waals surface area contributed by atoms with Crippen LogP contribution in [0.4, 0.5) is 15.3 Å². The van der Waals surface area contributed by atoms with Gasteiger partial charge in [0.05, 0.1) is 17.8 Å². The Morgan fingerprint density at radius 2 is 1.61 bits per heavy atom. The second-order valence-electron chi connectivity index (χ2n) is 14.1. The molecule has 2 saturated heterocycles. The smallest absolute Gasteiger partial charge is 0.408 e. The van der Waals surface area contributed by atoms with Crippen molar-refractivity contribution in [3.05, 3.63) is 60.2 Å². The molecule has 3 aliphatic heterocycles. The van der Waals surface area contributed by atoms with Gasteiger partial charge in [0.15, 0.2) is 12.1 Å². The van der Waals surface area contributed by atoms with Gasteiger partial charge in [0.1, 0.15) is 17.9 Å². The van der Waals surface area contributed by atoms with Crippen LogP contribution in [0.1, 0.15) is 77.4 Å². The molecule has 5 N–H and O–H groups in total. The summed E-state index contributed by atoms with van der Waals surface area (Å²) in [5.74, 6) is 0.530. The molecule has 0 saturated carbocycles. The fraction of sp³-hybridized carbons (Fsp3) is 0.541. The molecule has 14 heteroatoms. The first-order valence-corrected chi connectivity index (χ1v) is 18.9. The molecule has 5 rings (SSSR count). The molecule has 13 nitrogen and oxygen atoms in total. The maximum atomic E-state index is 14.2. The number of fused-ring (bicyclic) bond motifs is 2. The number of thioether (sulfide) groups is 1. The average Bonchev–Trinajstić information content (AvgIpc) is 3.62. The SMILES string of the molecule is CC(C)(C)OC(=O)N[C@@H]1C(=O)N(CC(=O)NCCCCCNC(=O)CCCC[C@@H]2SC[C@@H]3NC(=O)N[C@@H]32)c2ccccc2O[C@@H]1c1ccccc1. The van der Waals surface area contributed by atoms with Crippen LogP contribution < -0.4 is 36.2 Å². The quantitative estimate of drug-likeness (QED) is 0.135. The van der Waals surface area contributed by atoms with Gasteiger partial charge in [-0.3, -0.25) is 19.3 Å². The lowest BCUT2D eigenvalue weighted by Gasteiger charge is -2.29. The molecular formula is C37H50N6O7S. The number of rotatable bonds is 15. The van der Waals surface area contributed by atoms with E-state index in [4.69, 9.17) is 9.47 Å². The van der Waals surface area contributed by atoms with Crippen molar-refractivity contribution in [3.63, 3.8) is 0 Å². The van der Waals surface area contributed by atoms with Crippen LogP contribution in [0.5, 0.6) is 5.75 Å². The van der Waals surface area contributed by atoms with Crippen molar-refractivity contribution in [2.45, 2.75) is 101 Å². The third-order valence-corrected chi connectivity index (χ3v) is 10.4. The number of benzene rings is 2. The second-order valence-corrected chi connectivity index (χ2v) is 15.4. The highest BCUT2D eigenvalue weighted by Gasteiger charge is 2.43. The molecule has 3 aliphatic rings. The van der Waals surface area contributed by atoms with Gasteiger partial charge >= 0.3 is 12.1 Å². The number of urea groups is 1. The van der Waals surface area contributed by atoms with Gasteiger partial charge < -0.3 is 36.1 Å². The summed E-state index contributed by atoms with van der Waals surface area (Å²) in [6, 6.07) is 15.3. The standard InChI is InChI=1S/C37H50N6O7S/c1-37(2,3)50-36(48)42-32-33(24-14-6-4-7-15-24)49-27-17-9-8-16-26(27)43(34(32)46)22-30(45)39-21-13-5-12-20-38-29(44)19-11-10-18-28-31-25(23-51-28)40-35(47)41-31/h4,6-9,14-17,25,28,31-33H,5,10-13,18-23H2,1-3H3,(H,38,44)(H,39,45)(H,42,48)(H2,40,41,47)/t25-,28-,31-,32-,33+/m0/s1. The van der Waals surface area contributed by atoms with E-state index >= 15 is 0 Å². The molecule has 6 amide bonds. The number of ether oxygens (including phenoxy) is 2. The van der Waals surface area contributed by atoms with Crippen LogP contribution in [0.15, 0.2) is 54.6 Å². The van der Waals surface area contributed by atoms with Crippen molar-refractivity contribution in [3.8, 4) is 5.75 Å². The zero-order valence-corrected chi connectivity index (χ0v) is 30.4. The van der Waals surface area contributed by atoms with Crippen molar-refractivity contribution in [2.75, 3.05) is 30.3 Å². The molecule has 0 radical (unpaired) electrons. The number of nitrogens with one attached hydrogen (secondary N) is 5. The van der Waals surface area contributed by atoms with Crippen molar-refractivity contribution < 1.29 is 33.4 Å². The summed E-state index contributed by atoms with van der Waals surface area (Å²) in [6.07, 6.45) is 3.88.